The second kappa shape index (κ2) is 5.83. The van der Waals surface area contributed by atoms with Crippen molar-refractivity contribution in [3.8, 4) is 0 Å². The predicted molar refractivity (Wildman–Crippen MR) is 68.0 cm³/mol. The molecule has 90 valence electrons. The SMILES string of the molecule is Cc1nc(SCC(=O)NCc2cccs2)n[nH]1. The highest BCUT2D eigenvalue weighted by Crippen LogP contribution is 2.12. The number of amides is 1. The Kier molecular flexibility index (Phi) is 4.16. The van der Waals surface area contributed by atoms with Gasteiger partial charge in [0.2, 0.25) is 11.1 Å². The molecule has 0 bridgehead atoms. The third kappa shape index (κ3) is 3.86. The van der Waals surface area contributed by atoms with Crippen LogP contribution >= 0.6 is 23.1 Å². The first-order valence-corrected chi connectivity index (χ1v) is 6.91. The maximum atomic E-state index is 11.5. The van der Waals surface area contributed by atoms with E-state index in [1.165, 1.54) is 11.8 Å². The molecule has 2 heterocycles. The number of nitrogens with zero attached hydrogens (tertiary/aromatic N) is 2. The van der Waals surface area contributed by atoms with E-state index in [2.05, 4.69) is 20.5 Å². The Morgan fingerprint density at radius 3 is 3.18 bits per heavy atom. The summed E-state index contributed by atoms with van der Waals surface area (Å²) in [7, 11) is 0. The van der Waals surface area contributed by atoms with Crippen LogP contribution in [0.5, 0.6) is 0 Å². The Balaban J connectivity index is 1.71. The summed E-state index contributed by atoms with van der Waals surface area (Å²) in [6.07, 6.45) is 0. The van der Waals surface area contributed by atoms with Crippen LogP contribution in [0.3, 0.4) is 0 Å². The van der Waals surface area contributed by atoms with Gasteiger partial charge in [-0.2, -0.15) is 0 Å². The fourth-order valence-corrected chi connectivity index (χ4v) is 2.49. The second-order valence-corrected chi connectivity index (χ2v) is 5.32. The number of aryl methyl sites for hydroxylation is 1. The van der Waals surface area contributed by atoms with Gasteiger partial charge in [0, 0.05) is 4.88 Å². The van der Waals surface area contributed by atoms with Crippen molar-refractivity contribution in [3.05, 3.63) is 28.2 Å². The first-order valence-electron chi connectivity index (χ1n) is 5.05. The van der Waals surface area contributed by atoms with E-state index in [0.717, 1.165) is 10.7 Å². The van der Waals surface area contributed by atoms with Crippen LogP contribution in [0.25, 0.3) is 0 Å². The molecule has 17 heavy (non-hydrogen) atoms. The predicted octanol–water partition coefficient (Wildman–Crippen LogP) is 1.58. The van der Waals surface area contributed by atoms with Gasteiger partial charge in [-0.15, -0.1) is 16.4 Å². The van der Waals surface area contributed by atoms with Crippen molar-refractivity contribution in [2.75, 3.05) is 5.75 Å². The van der Waals surface area contributed by atoms with Gasteiger partial charge in [0.1, 0.15) is 5.82 Å². The van der Waals surface area contributed by atoms with E-state index >= 15 is 0 Å². The molecule has 2 aromatic heterocycles. The van der Waals surface area contributed by atoms with E-state index in [-0.39, 0.29) is 5.91 Å². The molecule has 0 spiro atoms. The van der Waals surface area contributed by atoms with E-state index < -0.39 is 0 Å². The van der Waals surface area contributed by atoms with Gasteiger partial charge in [0.05, 0.1) is 12.3 Å². The quantitative estimate of drug-likeness (QED) is 0.808. The van der Waals surface area contributed by atoms with Gasteiger partial charge < -0.3 is 5.32 Å². The minimum atomic E-state index is -0.00847. The minimum Gasteiger partial charge on any atom is -0.350 e. The number of aromatic nitrogens is 3. The molecule has 0 aromatic carbocycles. The minimum absolute atomic E-state index is 0.00847. The Bertz CT molecular complexity index is 480. The number of hydrogen-bond acceptors (Lipinski definition) is 5. The Morgan fingerprint density at radius 2 is 2.53 bits per heavy atom. The highest BCUT2D eigenvalue weighted by Gasteiger charge is 2.06. The molecule has 0 aliphatic carbocycles. The highest BCUT2D eigenvalue weighted by molar-refractivity contribution is 7.99. The van der Waals surface area contributed by atoms with Crippen LogP contribution in [0.15, 0.2) is 22.7 Å². The summed E-state index contributed by atoms with van der Waals surface area (Å²) in [4.78, 5) is 16.8. The maximum absolute atomic E-state index is 11.5. The molecular weight excluding hydrogens is 256 g/mol. The molecule has 2 rings (SSSR count). The van der Waals surface area contributed by atoms with Gasteiger partial charge in [-0.1, -0.05) is 17.8 Å². The van der Waals surface area contributed by atoms with Crippen LogP contribution in [0, 0.1) is 6.92 Å². The third-order valence-electron chi connectivity index (χ3n) is 1.95. The van der Waals surface area contributed by atoms with E-state index in [1.54, 1.807) is 11.3 Å². The normalized spacial score (nSPS) is 10.4. The molecule has 2 aromatic rings. The zero-order valence-electron chi connectivity index (χ0n) is 9.27. The number of nitrogens with one attached hydrogen (secondary N) is 2. The molecular formula is C10H12N4OS2. The molecule has 0 aliphatic rings. The van der Waals surface area contributed by atoms with Gasteiger partial charge in [-0.25, -0.2) is 4.98 Å². The summed E-state index contributed by atoms with van der Waals surface area (Å²) in [5.41, 5.74) is 0. The number of thioether (sulfide) groups is 1. The average molecular weight is 268 g/mol. The van der Waals surface area contributed by atoms with E-state index in [0.29, 0.717) is 17.5 Å². The van der Waals surface area contributed by atoms with E-state index in [1.807, 2.05) is 24.4 Å². The van der Waals surface area contributed by atoms with Crippen molar-refractivity contribution in [2.24, 2.45) is 0 Å². The summed E-state index contributed by atoms with van der Waals surface area (Å²) >= 11 is 2.96. The van der Waals surface area contributed by atoms with Crippen LogP contribution in [-0.4, -0.2) is 26.8 Å². The molecule has 5 nitrogen and oxygen atoms in total. The monoisotopic (exact) mass is 268 g/mol. The number of hydrogen-bond donors (Lipinski definition) is 2. The average Bonchev–Trinajstić information content (AvgIpc) is 2.95. The lowest BCUT2D eigenvalue weighted by atomic mass is 10.4. The fourth-order valence-electron chi connectivity index (χ4n) is 1.17. The maximum Gasteiger partial charge on any atom is 0.230 e. The third-order valence-corrected chi connectivity index (χ3v) is 3.67. The molecule has 2 N–H and O–H groups in total. The molecule has 0 radical (unpaired) electrons. The summed E-state index contributed by atoms with van der Waals surface area (Å²) < 4.78 is 0. The smallest absolute Gasteiger partial charge is 0.230 e. The van der Waals surface area contributed by atoms with Gasteiger partial charge in [0.25, 0.3) is 0 Å². The lowest BCUT2D eigenvalue weighted by Crippen LogP contribution is -2.24. The summed E-state index contributed by atoms with van der Waals surface area (Å²) in [5, 5.41) is 12.1. The lowest BCUT2D eigenvalue weighted by molar-refractivity contribution is -0.118. The second-order valence-electron chi connectivity index (χ2n) is 3.35. The zero-order chi connectivity index (χ0) is 12.1. The summed E-state index contributed by atoms with van der Waals surface area (Å²) in [6.45, 7) is 2.41. The summed E-state index contributed by atoms with van der Waals surface area (Å²) in [5.74, 6) is 1.08. The number of carbonyl (C=O) groups is 1. The molecule has 0 fully saturated rings. The van der Waals surface area contributed by atoms with Gasteiger partial charge in [0.15, 0.2) is 0 Å². The van der Waals surface area contributed by atoms with Crippen molar-refractivity contribution in [2.45, 2.75) is 18.6 Å². The van der Waals surface area contributed by atoms with Crippen LogP contribution < -0.4 is 5.32 Å². The van der Waals surface area contributed by atoms with E-state index in [4.69, 9.17) is 0 Å². The highest BCUT2D eigenvalue weighted by atomic mass is 32.2. The first kappa shape index (κ1) is 12.1. The largest absolute Gasteiger partial charge is 0.350 e. The van der Waals surface area contributed by atoms with Crippen molar-refractivity contribution in [1.29, 1.82) is 0 Å². The van der Waals surface area contributed by atoms with E-state index in [9.17, 15) is 4.79 Å². The van der Waals surface area contributed by atoms with Crippen LogP contribution in [-0.2, 0) is 11.3 Å². The molecule has 0 aliphatic heterocycles. The summed E-state index contributed by atoms with van der Waals surface area (Å²) in [6, 6.07) is 3.97. The van der Waals surface area contributed by atoms with Crippen LogP contribution in [0.2, 0.25) is 0 Å². The Morgan fingerprint density at radius 1 is 1.65 bits per heavy atom. The van der Waals surface area contributed by atoms with Crippen LogP contribution in [0.1, 0.15) is 10.7 Å². The van der Waals surface area contributed by atoms with Gasteiger partial charge >= 0.3 is 0 Å². The Labute approximate surface area is 107 Å². The van der Waals surface area contributed by atoms with Gasteiger partial charge in [-0.3, -0.25) is 9.89 Å². The van der Waals surface area contributed by atoms with Crippen molar-refractivity contribution in [3.63, 3.8) is 0 Å². The van der Waals surface area contributed by atoms with Crippen molar-refractivity contribution >= 4 is 29.0 Å². The fraction of sp³-hybridized carbons (Fsp3) is 0.300. The molecule has 0 unspecified atom stereocenters. The molecule has 0 saturated heterocycles. The zero-order valence-corrected chi connectivity index (χ0v) is 10.9. The Hall–Kier alpha value is -1.34. The van der Waals surface area contributed by atoms with Crippen molar-refractivity contribution < 1.29 is 4.79 Å². The molecule has 1 amide bonds. The molecule has 0 atom stereocenters. The number of thiophene rings is 1. The first-order chi connectivity index (χ1) is 8.24. The molecule has 7 heteroatoms. The number of rotatable bonds is 5. The number of H-pyrrole nitrogens is 1. The number of carbonyl (C=O) groups excluding carboxylic acids is 1. The lowest BCUT2D eigenvalue weighted by Gasteiger charge is -2.01. The van der Waals surface area contributed by atoms with Gasteiger partial charge in [-0.05, 0) is 18.4 Å². The number of aromatic amines is 1. The van der Waals surface area contributed by atoms with Crippen LogP contribution in [0.4, 0.5) is 0 Å². The van der Waals surface area contributed by atoms with Crippen molar-refractivity contribution in [1.82, 2.24) is 20.5 Å². The molecule has 0 saturated carbocycles. The standard InChI is InChI=1S/C10H12N4OS2/c1-7-12-10(14-13-7)17-6-9(15)11-5-8-3-2-4-16-8/h2-4H,5-6H2,1H3,(H,11,15)(H,12,13,14). The topological polar surface area (TPSA) is 70.7 Å².